The van der Waals surface area contributed by atoms with E-state index in [0.29, 0.717) is 29.7 Å². The Morgan fingerprint density at radius 3 is 3.14 bits per heavy atom. The largest absolute Gasteiger partial charge is 0.396 e. The number of aromatic nitrogens is 2. The summed E-state index contributed by atoms with van der Waals surface area (Å²) < 4.78 is 1.85. The Labute approximate surface area is 138 Å². The number of carbonyl (C=O) groups excluding carboxylic acids is 1. The van der Waals surface area contributed by atoms with Gasteiger partial charge in [-0.15, -0.1) is 11.3 Å². The van der Waals surface area contributed by atoms with E-state index in [-0.39, 0.29) is 12.5 Å². The first-order chi connectivity index (χ1) is 10.7. The molecule has 2 rings (SSSR count). The van der Waals surface area contributed by atoms with Crippen LogP contribution in [-0.4, -0.2) is 33.6 Å². The SMILES string of the molecule is CCCC(CCO)CNC(=O)/C=C/c1c(Cl)nc2sccn12. The van der Waals surface area contributed by atoms with Crippen LogP contribution in [0.3, 0.4) is 0 Å². The Hall–Kier alpha value is -1.37. The van der Waals surface area contributed by atoms with Crippen LogP contribution >= 0.6 is 22.9 Å². The number of hydrogen-bond acceptors (Lipinski definition) is 4. The van der Waals surface area contributed by atoms with Crippen molar-refractivity contribution in [3.8, 4) is 0 Å². The van der Waals surface area contributed by atoms with E-state index in [1.807, 2.05) is 16.0 Å². The maximum atomic E-state index is 11.9. The van der Waals surface area contributed by atoms with Gasteiger partial charge in [-0.3, -0.25) is 9.20 Å². The van der Waals surface area contributed by atoms with Gasteiger partial charge >= 0.3 is 0 Å². The number of nitrogens with one attached hydrogen (secondary N) is 1. The third kappa shape index (κ3) is 4.32. The normalized spacial score (nSPS) is 13.0. The minimum Gasteiger partial charge on any atom is -0.396 e. The number of amides is 1. The van der Waals surface area contributed by atoms with Crippen molar-refractivity contribution in [1.82, 2.24) is 14.7 Å². The second-order valence-electron chi connectivity index (χ2n) is 5.09. The van der Waals surface area contributed by atoms with Crippen molar-refractivity contribution in [2.45, 2.75) is 26.2 Å². The molecule has 0 radical (unpaired) electrons. The molecule has 0 bridgehead atoms. The minimum absolute atomic E-state index is 0.151. The van der Waals surface area contributed by atoms with Gasteiger partial charge in [0.2, 0.25) is 5.91 Å². The zero-order valence-electron chi connectivity index (χ0n) is 12.5. The Morgan fingerprint density at radius 1 is 1.59 bits per heavy atom. The molecular weight excluding hydrogens is 322 g/mol. The molecule has 0 spiro atoms. The number of fused-ring (bicyclic) bond motifs is 1. The van der Waals surface area contributed by atoms with Crippen LogP contribution in [0, 0.1) is 5.92 Å². The van der Waals surface area contributed by atoms with Gasteiger partial charge < -0.3 is 10.4 Å². The summed E-state index contributed by atoms with van der Waals surface area (Å²) in [6.45, 7) is 2.82. The number of hydrogen-bond donors (Lipinski definition) is 2. The number of rotatable bonds is 8. The zero-order valence-corrected chi connectivity index (χ0v) is 14.0. The number of thiazole rings is 1. The predicted octanol–water partition coefficient (Wildman–Crippen LogP) is 2.98. The fraction of sp³-hybridized carbons (Fsp3) is 0.467. The summed E-state index contributed by atoms with van der Waals surface area (Å²) in [7, 11) is 0. The molecule has 0 aliphatic heterocycles. The molecule has 2 aromatic heterocycles. The van der Waals surface area contributed by atoms with Gasteiger partial charge in [0.1, 0.15) is 0 Å². The van der Waals surface area contributed by atoms with Crippen LogP contribution in [0.2, 0.25) is 5.15 Å². The second-order valence-corrected chi connectivity index (χ2v) is 6.32. The van der Waals surface area contributed by atoms with Crippen LogP contribution in [0.5, 0.6) is 0 Å². The van der Waals surface area contributed by atoms with Crippen molar-refractivity contribution in [1.29, 1.82) is 0 Å². The molecule has 5 nitrogen and oxygen atoms in total. The van der Waals surface area contributed by atoms with E-state index in [1.54, 1.807) is 6.08 Å². The molecule has 120 valence electrons. The van der Waals surface area contributed by atoms with Crippen LogP contribution in [0.15, 0.2) is 17.7 Å². The molecule has 1 amide bonds. The lowest BCUT2D eigenvalue weighted by atomic mass is 10.0. The maximum absolute atomic E-state index is 11.9. The highest BCUT2D eigenvalue weighted by Gasteiger charge is 2.10. The molecule has 0 fully saturated rings. The fourth-order valence-corrected chi connectivity index (χ4v) is 3.33. The summed E-state index contributed by atoms with van der Waals surface area (Å²) in [5.74, 6) is 0.148. The lowest BCUT2D eigenvalue weighted by molar-refractivity contribution is -0.116. The van der Waals surface area contributed by atoms with Crippen LogP contribution in [0.25, 0.3) is 11.0 Å². The molecule has 7 heteroatoms. The summed E-state index contributed by atoms with van der Waals surface area (Å²) in [6.07, 6.45) is 7.75. The summed E-state index contributed by atoms with van der Waals surface area (Å²) in [5, 5.41) is 14.2. The highest BCUT2D eigenvalue weighted by atomic mass is 35.5. The molecular formula is C15H20ClN3O2S. The number of aliphatic hydroxyl groups is 1. The predicted molar refractivity (Wildman–Crippen MR) is 90.2 cm³/mol. The highest BCUT2D eigenvalue weighted by molar-refractivity contribution is 7.15. The third-order valence-corrected chi connectivity index (χ3v) is 4.48. The van der Waals surface area contributed by atoms with Crippen LogP contribution in [0.1, 0.15) is 31.9 Å². The first-order valence-corrected chi connectivity index (χ1v) is 8.59. The monoisotopic (exact) mass is 341 g/mol. The van der Waals surface area contributed by atoms with Crippen molar-refractivity contribution in [2.24, 2.45) is 5.92 Å². The molecule has 0 aliphatic rings. The van der Waals surface area contributed by atoms with Crippen molar-refractivity contribution in [3.05, 3.63) is 28.5 Å². The van der Waals surface area contributed by atoms with Gasteiger partial charge in [-0.2, -0.15) is 0 Å². The Kier molecular flexibility index (Phi) is 6.42. The summed E-state index contributed by atoms with van der Waals surface area (Å²) in [5.41, 5.74) is 0.702. The minimum atomic E-state index is -0.166. The first-order valence-electron chi connectivity index (χ1n) is 7.33. The van der Waals surface area contributed by atoms with Gasteiger partial charge in [-0.05, 0) is 24.8 Å². The molecule has 2 N–H and O–H groups in total. The van der Waals surface area contributed by atoms with Gasteiger partial charge in [-0.1, -0.05) is 24.9 Å². The molecule has 22 heavy (non-hydrogen) atoms. The lowest BCUT2D eigenvalue weighted by Gasteiger charge is -2.14. The van der Waals surface area contributed by atoms with Crippen molar-refractivity contribution in [2.75, 3.05) is 13.2 Å². The van der Waals surface area contributed by atoms with Gasteiger partial charge in [0, 0.05) is 30.8 Å². The van der Waals surface area contributed by atoms with E-state index in [4.69, 9.17) is 16.7 Å². The van der Waals surface area contributed by atoms with E-state index >= 15 is 0 Å². The van der Waals surface area contributed by atoms with Crippen LogP contribution < -0.4 is 5.32 Å². The summed E-state index contributed by atoms with van der Waals surface area (Å²) in [6, 6.07) is 0. The smallest absolute Gasteiger partial charge is 0.244 e. The average Bonchev–Trinajstić information content (AvgIpc) is 3.04. The zero-order chi connectivity index (χ0) is 15.9. The topological polar surface area (TPSA) is 66.6 Å². The van der Waals surface area contributed by atoms with Gasteiger partial charge in [-0.25, -0.2) is 4.98 Å². The van der Waals surface area contributed by atoms with E-state index in [1.165, 1.54) is 17.4 Å². The Bertz CT molecular complexity index is 644. The molecule has 2 heterocycles. The molecule has 0 saturated carbocycles. The fourth-order valence-electron chi connectivity index (χ4n) is 2.32. The molecule has 1 unspecified atom stereocenters. The second kappa shape index (κ2) is 8.31. The van der Waals surface area contributed by atoms with Crippen LogP contribution in [-0.2, 0) is 4.79 Å². The number of halogens is 1. The Balaban J connectivity index is 1.93. The molecule has 1 atom stereocenters. The van der Waals surface area contributed by atoms with Gasteiger partial charge in [0.25, 0.3) is 0 Å². The first kappa shape index (κ1) is 17.0. The van der Waals surface area contributed by atoms with Crippen molar-refractivity contribution < 1.29 is 9.90 Å². The number of nitrogens with zero attached hydrogens (tertiary/aromatic N) is 2. The van der Waals surface area contributed by atoms with E-state index in [2.05, 4.69) is 17.2 Å². The maximum Gasteiger partial charge on any atom is 0.244 e. The van der Waals surface area contributed by atoms with E-state index in [0.717, 1.165) is 17.8 Å². The summed E-state index contributed by atoms with van der Waals surface area (Å²) in [4.78, 5) is 16.9. The van der Waals surface area contributed by atoms with Gasteiger partial charge in [0.15, 0.2) is 10.1 Å². The number of aliphatic hydroxyl groups excluding tert-OH is 1. The van der Waals surface area contributed by atoms with Gasteiger partial charge in [0.05, 0.1) is 5.69 Å². The van der Waals surface area contributed by atoms with Crippen molar-refractivity contribution >= 4 is 39.9 Å². The molecule has 2 aromatic rings. The average molecular weight is 342 g/mol. The Morgan fingerprint density at radius 2 is 2.41 bits per heavy atom. The number of carbonyl (C=O) groups is 1. The van der Waals surface area contributed by atoms with Crippen LogP contribution in [0.4, 0.5) is 0 Å². The molecule has 0 aromatic carbocycles. The molecule has 0 saturated heterocycles. The molecule has 0 aliphatic carbocycles. The van der Waals surface area contributed by atoms with E-state index < -0.39 is 0 Å². The van der Waals surface area contributed by atoms with Crippen molar-refractivity contribution in [3.63, 3.8) is 0 Å². The lowest BCUT2D eigenvalue weighted by Crippen LogP contribution is -2.28. The highest BCUT2D eigenvalue weighted by Crippen LogP contribution is 2.22. The quantitative estimate of drug-likeness (QED) is 0.725. The van der Waals surface area contributed by atoms with E-state index in [9.17, 15) is 4.79 Å². The number of imidazole rings is 1. The third-order valence-electron chi connectivity index (χ3n) is 3.45. The standard InChI is InChI=1S/C15H20ClN3O2S/c1-2-3-11(6-8-20)10-17-13(21)5-4-12-14(16)18-15-19(12)7-9-22-15/h4-5,7,9,11,20H,2-3,6,8,10H2,1H3,(H,17,21)/b5-4+. The summed E-state index contributed by atoms with van der Waals surface area (Å²) >= 11 is 7.56.